The standard InChI is InChI=1S/C18H20N2O6S/c1-25-16-7-5-4-6-15(16)20(27(3,23)24)12-17(21)19-14-10-8-13(9-11-14)18(22)26-2/h4-11H,12H2,1-3H3,(H,19,21). The van der Waals surface area contributed by atoms with Crippen LogP contribution in [-0.4, -0.2) is 47.3 Å². The van der Waals surface area contributed by atoms with Gasteiger partial charge in [-0.2, -0.15) is 0 Å². The van der Waals surface area contributed by atoms with Gasteiger partial charge in [0.1, 0.15) is 12.3 Å². The summed E-state index contributed by atoms with van der Waals surface area (Å²) in [6, 6.07) is 12.6. The van der Waals surface area contributed by atoms with Gasteiger partial charge in [0.2, 0.25) is 15.9 Å². The number of carbonyl (C=O) groups is 2. The van der Waals surface area contributed by atoms with E-state index in [0.717, 1.165) is 10.6 Å². The summed E-state index contributed by atoms with van der Waals surface area (Å²) in [7, 11) is -1.04. The van der Waals surface area contributed by atoms with Gasteiger partial charge in [0.25, 0.3) is 0 Å². The van der Waals surface area contributed by atoms with Crippen molar-refractivity contribution in [3.8, 4) is 5.75 Å². The third-order valence-corrected chi connectivity index (χ3v) is 4.76. The lowest BCUT2D eigenvalue weighted by atomic mass is 10.2. The zero-order chi connectivity index (χ0) is 20.0. The number of hydrogen-bond donors (Lipinski definition) is 1. The molecule has 0 aliphatic heterocycles. The number of benzene rings is 2. The lowest BCUT2D eigenvalue weighted by Crippen LogP contribution is -2.37. The largest absolute Gasteiger partial charge is 0.495 e. The molecular weight excluding hydrogens is 372 g/mol. The van der Waals surface area contributed by atoms with Crippen molar-refractivity contribution in [1.29, 1.82) is 0 Å². The maximum Gasteiger partial charge on any atom is 0.337 e. The highest BCUT2D eigenvalue weighted by Crippen LogP contribution is 2.29. The van der Waals surface area contributed by atoms with Crippen LogP contribution in [0.1, 0.15) is 10.4 Å². The second-order valence-corrected chi connectivity index (χ2v) is 7.47. The molecule has 144 valence electrons. The van der Waals surface area contributed by atoms with Gasteiger partial charge in [-0.25, -0.2) is 13.2 Å². The van der Waals surface area contributed by atoms with Gasteiger partial charge in [-0.15, -0.1) is 0 Å². The van der Waals surface area contributed by atoms with E-state index in [9.17, 15) is 18.0 Å². The van der Waals surface area contributed by atoms with E-state index >= 15 is 0 Å². The van der Waals surface area contributed by atoms with Crippen LogP contribution in [0.2, 0.25) is 0 Å². The number of nitrogens with zero attached hydrogens (tertiary/aromatic N) is 1. The molecule has 1 amide bonds. The average Bonchev–Trinajstić information content (AvgIpc) is 2.65. The minimum atomic E-state index is -3.73. The Bertz CT molecular complexity index is 925. The van der Waals surface area contributed by atoms with Gasteiger partial charge in [0.05, 0.1) is 31.7 Å². The first-order chi connectivity index (χ1) is 12.8. The summed E-state index contributed by atoms with van der Waals surface area (Å²) in [6.07, 6.45) is 1.01. The zero-order valence-electron chi connectivity index (χ0n) is 15.1. The maximum atomic E-state index is 12.4. The van der Waals surface area contributed by atoms with Crippen molar-refractivity contribution in [3.05, 3.63) is 54.1 Å². The van der Waals surface area contributed by atoms with E-state index in [1.54, 1.807) is 24.3 Å². The lowest BCUT2D eigenvalue weighted by Gasteiger charge is -2.23. The van der Waals surface area contributed by atoms with E-state index in [1.165, 1.54) is 38.5 Å². The average molecular weight is 392 g/mol. The number of nitrogens with one attached hydrogen (secondary N) is 1. The fourth-order valence-electron chi connectivity index (χ4n) is 2.36. The Kier molecular flexibility index (Phi) is 6.40. The second kappa shape index (κ2) is 8.54. The highest BCUT2D eigenvalue weighted by molar-refractivity contribution is 7.92. The predicted molar refractivity (Wildman–Crippen MR) is 102 cm³/mol. The third-order valence-electron chi connectivity index (χ3n) is 3.63. The molecule has 0 aromatic heterocycles. The van der Waals surface area contributed by atoms with E-state index in [-0.39, 0.29) is 5.69 Å². The Labute approximate surface area is 157 Å². The van der Waals surface area contributed by atoms with Crippen LogP contribution >= 0.6 is 0 Å². The van der Waals surface area contributed by atoms with E-state index in [1.807, 2.05) is 0 Å². The quantitative estimate of drug-likeness (QED) is 0.722. The van der Waals surface area contributed by atoms with Gasteiger partial charge in [0.15, 0.2) is 0 Å². The molecule has 2 aromatic carbocycles. The SMILES string of the molecule is COC(=O)c1ccc(NC(=O)CN(c2ccccc2OC)S(C)(=O)=O)cc1. The van der Waals surface area contributed by atoms with Gasteiger partial charge >= 0.3 is 5.97 Å². The smallest absolute Gasteiger partial charge is 0.337 e. The molecule has 2 aromatic rings. The first kappa shape index (κ1) is 20.2. The van der Waals surface area contributed by atoms with Crippen LogP contribution in [0.15, 0.2) is 48.5 Å². The van der Waals surface area contributed by atoms with Crippen molar-refractivity contribution in [3.63, 3.8) is 0 Å². The molecule has 0 unspecified atom stereocenters. The number of hydrogen-bond acceptors (Lipinski definition) is 6. The molecule has 0 radical (unpaired) electrons. The second-order valence-electron chi connectivity index (χ2n) is 5.56. The lowest BCUT2D eigenvalue weighted by molar-refractivity contribution is -0.114. The molecule has 8 nitrogen and oxygen atoms in total. The van der Waals surface area contributed by atoms with Crippen LogP contribution in [0.4, 0.5) is 11.4 Å². The van der Waals surface area contributed by atoms with Crippen LogP contribution in [0, 0.1) is 0 Å². The molecular formula is C18H20N2O6S. The van der Waals surface area contributed by atoms with Crippen LogP contribution in [-0.2, 0) is 19.6 Å². The number of esters is 1. The highest BCUT2D eigenvalue weighted by atomic mass is 32.2. The van der Waals surface area contributed by atoms with Gasteiger partial charge < -0.3 is 14.8 Å². The summed E-state index contributed by atoms with van der Waals surface area (Å²) in [6.45, 7) is -0.433. The molecule has 0 spiro atoms. The van der Waals surface area contributed by atoms with Gasteiger partial charge in [-0.3, -0.25) is 9.10 Å². The highest BCUT2D eigenvalue weighted by Gasteiger charge is 2.23. The molecule has 0 fully saturated rings. The number of ether oxygens (including phenoxy) is 2. The molecule has 0 saturated heterocycles. The first-order valence-electron chi connectivity index (χ1n) is 7.85. The first-order valence-corrected chi connectivity index (χ1v) is 9.70. The molecule has 9 heteroatoms. The van der Waals surface area contributed by atoms with Crippen LogP contribution in [0.5, 0.6) is 5.75 Å². The van der Waals surface area contributed by atoms with E-state index < -0.39 is 28.4 Å². The topological polar surface area (TPSA) is 102 Å². The van der Waals surface area contributed by atoms with Crippen molar-refractivity contribution >= 4 is 33.3 Å². The minimum absolute atomic E-state index is 0.263. The molecule has 2 rings (SSSR count). The Morgan fingerprint density at radius 2 is 1.67 bits per heavy atom. The summed E-state index contributed by atoms with van der Waals surface area (Å²) in [4.78, 5) is 23.8. The number of para-hydroxylation sites is 2. The number of carbonyl (C=O) groups excluding carboxylic acids is 2. The Balaban J connectivity index is 2.18. The van der Waals surface area contributed by atoms with Crippen molar-refractivity contribution in [2.45, 2.75) is 0 Å². The maximum absolute atomic E-state index is 12.4. The molecule has 0 bridgehead atoms. The Morgan fingerprint density at radius 1 is 1.04 bits per heavy atom. The molecule has 0 heterocycles. The monoisotopic (exact) mass is 392 g/mol. The molecule has 0 aliphatic carbocycles. The van der Waals surface area contributed by atoms with Gasteiger partial charge in [-0.05, 0) is 36.4 Å². The van der Waals surface area contributed by atoms with Crippen LogP contribution in [0.25, 0.3) is 0 Å². The van der Waals surface area contributed by atoms with E-state index in [0.29, 0.717) is 17.0 Å². The summed E-state index contributed by atoms with van der Waals surface area (Å²) in [5.41, 5.74) is 1.02. The molecule has 0 saturated carbocycles. The van der Waals surface area contributed by atoms with Crippen molar-refractivity contribution in [1.82, 2.24) is 0 Å². The number of methoxy groups -OCH3 is 2. The molecule has 0 atom stereocenters. The predicted octanol–water partition coefficient (Wildman–Crippen LogP) is 1.89. The summed E-state index contributed by atoms with van der Waals surface area (Å²) in [5.74, 6) is -0.706. The molecule has 27 heavy (non-hydrogen) atoms. The number of amides is 1. The van der Waals surface area contributed by atoms with Crippen molar-refractivity contribution < 1.29 is 27.5 Å². The Morgan fingerprint density at radius 3 is 2.22 bits per heavy atom. The summed E-state index contributed by atoms with van der Waals surface area (Å²) >= 11 is 0. The fraction of sp³-hybridized carbons (Fsp3) is 0.222. The summed E-state index contributed by atoms with van der Waals surface area (Å²) < 4.78 is 35.1. The number of anilines is 2. The number of rotatable bonds is 7. The zero-order valence-corrected chi connectivity index (χ0v) is 15.9. The third kappa shape index (κ3) is 5.20. The summed E-state index contributed by atoms with van der Waals surface area (Å²) in [5, 5.41) is 2.60. The van der Waals surface area contributed by atoms with Crippen LogP contribution < -0.4 is 14.4 Å². The van der Waals surface area contributed by atoms with Crippen molar-refractivity contribution in [2.75, 3.05) is 36.6 Å². The fourth-order valence-corrected chi connectivity index (χ4v) is 3.22. The number of sulfonamides is 1. The van der Waals surface area contributed by atoms with E-state index in [4.69, 9.17) is 4.74 Å². The van der Waals surface area contributed by atoms with Crippen molar-refractivity contribution in [2.24, 2.45) is 0 Å². The van der Waals surface area contributed by atoms with E-state index in [2.05, 4.69) is 10.1 Å². The van der Waals surface area contributed by atoms with Crippen LogP contribution in [0.3, 0.4) is 0 Å². The van der Waals surface area contributed by atoms with Gasteiger partial charge in [0, 0.05) is 5.69 Å². The Hall–Kier alpha value is -3.07. The van der Waals surface area contributed by atoms with Gasteiger partial charge in [-0.1, -0.05) is 12.1 Å². The minimum Gasteiger partial charge on any atom is -0.495 e. The normalized spacial score (nSPS) is 10.8. The molecule has 0 aliphatic rings. The molecule has 1 N–H and O–H groups in total.